The topological polar surface area (TPSA) is 33.1 Å². The van der Waals surface area contributed by atoms with Crippen LogP contribution in [0.5, 0.6) is 0 Å². The lowest BCUT2D eigenvalue weighted by Gasteiger charge is -2.11. The summed E-state index contributed by atoms with van der Waals surface area (Å²) < 4.78 is 0. The van der Waals surface area contributed by atoms with Gasteiger partial charge in [0.15, 0.2) is 0 Å². The zero-order chi connectivity index (χ0) is 11.3. The number of nitrogens with zero attached hydrogens (tertiary/aromatic N) is 1. The molecule has 0 bridgehead atoms. The third kappa shape index (κ3) is 4.93. The van der Waals surface area contributed by atoms with E-state index in [1.807, 2.05) is 25.3 Å². The Morgan fingerprint density at radius 3 is 2.53 bits per heavy atom. The normalized spacial score (nSPS) is 13.1. The molecule has 0 saturated heterocycles. The van der Waals surface area contributed by atoms with Gasteiger partial charge in [0, 0.05) is 18.3 Å². The first-order valence-electron chi connectivity index (χ1n) is 5.67. The molecule has 1 unspecified atom stereocenters. The molecule has 0 aliphatic rings. The molecule has 1 aromatic rings. The molecule has 15 heavy (non-hydrogen) atoms. The van der Waals surface area contributed by atoms with Crippen LogP contribution in [0.1, 0.15) is 37.9 Å². The number of aliphatic hydroxyl groups is 1. The molecule has 84 valence electrons. The van der Waals surface area contributed by atoms with Crippen LogP contribution in [0.3, 0.4) is 0 Å². The van der Waals surface area contributed by atoms with Crippen LogP contribution < -0.4 is 0 Å². The van der Waals surface area contributed by atoms with E-state index in [0.29, 0.717) is 12.3 Å². The molecule has 0 saturated carbocycles. The Bertz CT molecular complexity index is 279. The monoisotopic (exact) mass is 207 g/mol. The van der Waals surface area contributed by atoms with Crippen molar-refractivity contribution in [2.45, 2.75) is 46.1 Å². The minimum Gasteiger partial charge on any atom is -0.393 e. The predicted octanol–water partition coefficient (Wildman–Crippen LogP) is 2.73. The van der Waals surface area contributed by atoms with Crippen molar-refractivity contribution in [1.82, 2.24) is 4.98 Å². The first-order chi connectivity index (χ1) is 7.08. The highest BCUT2D eigenvalue weighted by molar-refractivity contribution is 5.12. The summed E-state index contributed by atoms with van der Waals surface area (Å²) in [6, 6.07) is 4.03. The number of aryl methyl sites for hydroxylation is 1. The van der Waals surface area contributed by atoms with Crippen LogP contribution in [0.4, 0.5) is 0 Å². The Hall–Kier alpha value is -0.890. The lowest BCUT2D eigenvalue weighted by atomic mass is 10.0. The van der Waals surface area contributed by atoms with Gasteiger partial charge in [-0.05, 0) is 37.3 Å². The molecule has 1 N–H and O–H groups in total. The zero-order valence-corrected chi connectivity index (χ0v) is 9.90. The van der Waals surface area contributed by atoms with Gasteiger partial charge in [-0.25, -0.2) is 0 Å². The van der Waals surface area contributed by atoms with Crippen molar-refractivity contribution in [3.8, 4) is 0 Å². The predicted molar refractivity (Wildman–Crippen MR) is 62.8 cm³/mol. The molecule has 0 aliphatic carbocycles. The van der Waals surface area contributed by atoms with Crippen molar-refractivity contribution >= 4 is 0 Å². The minimum atomic E-state index is -0.248. The molecule has 0 aliphatic heterocycles. The Morgan fingerprint density at radius 1 is 1.27 bits per heavy atom. The fourth-order valence-electron chi connectivity index (χ4n) is 1.49. The van der Waals surface area contributed by atoms with E-state index in [1.165, 1.54) is 0 Å². The van der Waals surface area contributed by atoms with Gasteiger partial charge in [-0.1, -0.05) is 19.9 Å². The van der Waals surface area contributed by atoms with E-state index in [-0.39, 0.29) is 6.10 Å². The van der Waals surface area contributed by atoms with Crippen LogP contribution in [0.2, 0.25) is 0 Å². The fraction of sp³-hybridized carbons (Fsp3) is 0.615. The molecule has 1 heterocycles. The smallest absolute Gasteiger partial charge is 0.0595 e. The van der Waals surface area contributed by atoms with Crippen LogP contribution in [0, 0.1) is 12.8 Å². The van der Waals surface area contributed by atoms with Crippen LogP contribution in [-0.2, 0) is 6.42 Å². The summed E-state index contributed by atoms with van der Waals surface area (Å²) in [5.41, 5.74) is 2.15. The molecule has 0 amide bonds. The molecule has 1 atom stereocenters. The largest absolute Gasteiger partial charge is 0.393 e. The Kier molecular flexibility index (Phi) is 4.76. The summed E-state index contributed by atoms with van der Waals surface area (Å²) in [4.78, 5) is 4.29. The second-order valence-electron chi connectivity index (χ2n) is 4.66. The number of aromatic nitrogens is 1. The lowest BCUT2D eigenvalue weighted by Crippen LogP contribution is -2.12. The summed E-state index contributed by atoms with van der Waals surface area (Å²) >= 11 is 0. The molecule has 0 fully saturated rings. The standard InChI is InChI=1S/C13H21NO/c1-10(2)4-7-13(15)8-12-6-5-11(3)9-14-12/h5-6,9-10,13,15H,4,7-8H2,1-3H3. The molecule has 2 heteroatoms. The maximum Gasteiger partial charge on any atom is 0.0595 e. The second-order valence-corrected chi connectivity index (χ2v) is 4.66. The number of hydrogen-bond acceptors (Lipinski definition) is 2. The highest BCUT2D eigenvalue weighted by Crippen LogP contribution is 2.10. The van der Waals surface area contributed by atoms with E-state index in [4.69, 9.17) is 0 Å². The third-order valence-electron chi connectivity index (χ3n) is 2.49. The highest BCUT2D eigenvalue weighted by atomic mass is 16.3. The molecule has 0 aromatic carbocycles. The van der Waals surface area contributed by atoms with Gasteiger partial charge in [-0.3, -0.25) is 4.98 Å². The first kappa shape index (κ1) is 12.2. The molecule has 0 radical (unpaired) electrons. The van der Waals surface area contributed by atoms with E-state index < -0.39 is 0 Å². The van der Waals surface area contributed by atoms with Gasteiger partial charge in [0.05, 0.1) is 6.10 Å². The number of pyridine rings is 1. The summed E-state index contributed by atoms with van der Waals surface area (Å²) in [6.07, 6.45) is 4.22. The van der Waals surface area contributed by atoms with Gasteiger partial charge in [-0.15, -0.1) is 0 Å². The average molecular weight is 207 g/mol. The summed E-state index contributed by atoms with van der Waals surface area (Å²) in [5.74, 6) is 0.658. The van der Waals surface area contributed by atoms with Crippen LogP contribution >= 0.6 is 0 Å². The Balaban J connectivity index is 2.37. The first-order valence-corrected chi connectivity index (χ1v) is 5.67. The molecule has 2 nitrogen and oxygen atoms in total. The van der Waals surface area contributed by atoms with Gasteiger partial charge >= 0.3 is 0 Å². The highest BCUT2D eigenvalue weighted by Gasteiger charge is 2.07. The number of aliphatic hydroxyl groups excluding tert-OH is 1. The van der Waals surface area contributed by atoms with E-state index in [1.54, 1.807) is 0 Å². The molecule has 1 rings (SSSR count). The molecular weight excluding hydrogens is 186 g/mol. The molecule has 0 spiro atoms. The Labute approximate surface area is 92.4 Å². The SMILES string of the molecule is Cc1ccc(CC(O)CCC(C)C)nc1. The van der Waals surface area contributed by atoms with Gasteiger partial charge < -0.3 is 5.11 Å². The number of hydrogen-bond donors (Lipinski definition) is 1. The average Bonchev–Trinajstić information content (AvgIpc) is 2.19. The van der Waals surface area contributed by atoms with Crippen LogP contribution in [-0.4, -0.2) is 16.2 Å². The second kappa shape index (κ2) is 5.86. The Morgan fingerprint density at radius 2 is 2.00 bits per heavy atom. The minimum absolute atomic E-state index is 0.248. The quantitative estimate of drug-likeness (QED) is 0.805. The van der Waals surface area contributed by atoms with Gasteiger partial charge in [0.2, 0.25) is 0 Å². The lowest BCUT2D eigenvalue weighted by molar-refractivity contribution is 0.156. The number of rotatable bonds is 5. The zero-order valence-electron chi connectivity index (χ0n) is 9.90. The van der Waals surface area contributed by atoms with Crippen molar-refractivity contribution < 1.29 is 5.11 Å². The summed E-state index contributed by atoms with van der Waals surface area (Å²) in [7, 11) is 0. The summed E-state index contributed by atoms with van der Waals surface area (Å²) in [5, 5.41) is 9.78. The van der Waals surface area contributed by atoms with E-state index in [2.05, 4.69) is 18.8 Å². The van der Waals surface area contributed by atoms with Crippen LogP contribution in [0.15, 0.2) is 18.3 Å². The van der Waals surface area contributed by atoms with Crippen molar-refractivity contribution in [3.05, 3.63) is 29.6 Å². The third-order valence-corrected chi connectivity index (χ3v) is 2.49. The van der Waals surface area contributed by atoms with Crippen molar-refractivity contribution in [1.29, 1.82) is 0 Å². The fourth-order valence-corrected chi connectivity index (χ4v) is 1.49. The van der Waals surface area contributed by atoms with Gasteiger partial charge in [0.25, 0.3) is 0 Å². The van der Waals surface area contributed by atoms with Crippen LogP contribution in [0.25, 0.3) is 0 Å². The van der Waals surface area contributed by atoms with E-state index in [9.17, 15) is 5.11 Å². The summed E-state index contributed by atoms with van der Waals surface area (Å²) in [6.45, 7) is 6.37. The molecule has 1 aromatic heterocycles. The van der Waals surface area contributed by atoms with E-state index >= 15 is 0 Å². The maximum atomic E-state index is 9.78. The maximum absolute atomic E-state index is 9.78. The van der Waals surface area contributed by atoms with Crippen molar-refractivity contribution in [3.63, 3.8) is 0 Å². The van der Waals surface area contributed by atoms with Gasteiger partial charge in [0.1, 0.15) is 0 Å². The molecular formula is C13H21NO. The van der Waals surface area contributed by atoms with Crippen molar-refractivity contribution in [2.24, 2.45) is 5.92 Å². The van der Waals surface area contributed by atoms with E-state index in [0.717, 1.165) is 24.1 Å². The van der Waals surface area contributed by atoms with Gasteiger partial charge in [-0.2, -0.15) is 0 Å². The van der Waals surface area contributed by atoms with Crippen molar-refractivity contribution in [2.75, 3.05) is 0 Å².